The lowest BCUT2D eigenvalue weighted by Crippen LogP contribution is -2.16. The highest BCUT2D eigenvalue weighted by molar-refractivity contribution is 5.77. The summed E-state index contributed by atoms with van der Waals surface area (Å²) in [4.78, 5) is 12.1. The van der Waals surface area contributed by atoms with E-state index in [2.05, 4.69) is 78.1 Å². The molecule has 0 spiro atoms. The van der Waals surface area contributed by atoms with E-state index in [1.165, 1.54) is 11.1 Å². The third-order valence-corrected chi connectivity index (χ3v) is 8.18. The summed E-state index contributed by atoms with van der Waals surface area (Å²) < 4.78 is 21.9. The maximum absolute atomic E-state index is 12.1. The Labute approximate surface area is 240 Å². The average Bonchev–Trinajstić information content (AvgIpc) is 3.45. The third kappa shape index (κ3) is 5.80. The quantitative estimate of drug-likeness (QED) is 0.193. The van der Waals surface area contributed by atoms with E-state index in [4.69, 9.17) is 18.7 Å². The molecule has 1 unspecified atom stereocenters. The Morgan fingerprint density at radius 3 is 2.37 bits per heavy atom. The molecular weight excluding hydrogens is 516 g/mol. The zero-order chi connectivity index (χ0) is 28.4. The molecule has 1 aromatic heterocycles. The van der Waals surface area contributed by atoms with Crippen molar-refractivity contribution in [2.24, 2.45) is 0 Å². The van der Waals surface area contributed by atoms with Crippen molar-refractivity contribution in [1.82, 2.24) is 5.16 Å². The van der Waals surface area contributed by atoms with Gasteiger partial charge in [0.25, 0.3) is 0 Å². The van der Waals surface area contributed by atoms with Crippen molar-refractivity contribution in [1.29, 1.82) is 0 Å². The number of nitrogens with one attached hydrogen (secondary N) is 1. The summed E-state index contributed by atoms with van der Waals surface area (Å²) in [6, 6.07) is 23.3. The molecule has 0 amide bonds. The first-order chi connectivity index (χ1) is 19.9. The van der Waals surface area contributed by atoms with E-state index in [-0.39, 0.29) is 17.4 Å². The van der Waals surface area contributed by atoms with Crippen molar-refractivity contribution in [2.45, 2.75) is 64.3 Å². The van der Waals surface area contributed by atoms with Crippen LogP contribution in [0.25, 0.3) is 22.5 Å². The average molecular weight is 553 g/mol. The fourth-order valence-corrected chi connectivity index (χ4v) is 5.57. The van der Waals surface area contributed by atoms with Crippen molar-refractivity contribution in [2.75, 3.05) is 18.7 Å². The molecule has 7 heteroatoms. The van der Waals surface area contributed by atoms with E-state index in [0.29, 0.717) is 19.8 Å². The molecular formula is C34H36N2O5. The minimum atomic E-state index is -0.111. The zero-order valence-corrected chi connectivity index (χ0v) is 23.9. The summed E-state index contributed by atoms with van der Waals surface area (Å²) in [5, 5.41) is 7.88. The van der Waals surface area contributed by atoms with Crippen LogP contribution in [0.5, 0.6) is 11.5 Å². The summed E-state index contributed by atoms with van der Waals surface area (Å²) in [6.45, 7) is 6.71. The molecule has 6 rings (SSSR count). The topological polar surface area (TPSA) is 82.8 Å². The number of aromatic nitrogens is 1. The minimum Gasteiger partial charge on any atom is -0.466 e. The fraction of sp³-hybridized carbons (Fsp3) is 0.353. The van der Waals surface area contributed by atoms with Gasteiger partial charge in [-0.05, 0) is 80.8 Å². The van der Waals surface area contributed by atoms with Crippen molar-refractivity contribution >= 4 is 11.7 Å². The monoisotopic (exact) mass is 552 g/mol. The van der Waals surface area contributed by atoms with Gasteiger partial charge in [-0.1, -0.05) is 59.8 Å². The number of carbonyl (C=O) groups is 1. The van der Waals surface area contributed by atoms with E-state index in [0.717, 1.165) is 71.0 Å². The lowest BCUT2D eigenvalue weighted by atomic mass is 9.91. The van der Waals surface area contributed by atoms with Gasteiger partial charge >= 0.3 is 5.97 Å². The van der Waals surface area contributed by atoms with Gasteiger partial charge in [-0.15, -0.1) is 0 Å². The fourth-order valence-electron chi connectivity index (χ4n) is 5.57. The lowest BCUT2D eigenvalue weighted by Gasteiger charge is -2.16. The molecule has 1 saturated carbocycles. The van der Waals surface area contributed by atoms with Gasteiger partial charge in [-0.25, -0.2) is 0 Å². The number of aryl methyl sites for hydroxylation is 2. The molecule has 1 fully saturated rings. The molecule has 3 aromatic carbocycles. The number of benzene rings is 3. The van der Waals surface area contributed by atoms with E-state index >= 15 is 0 Å². The van der Waals surface area contributed by atoms with E-state index < -0.39 is 0 Å². The van der Waals surface area contributed by atoms with Crippen molar-refractivity contribution in [3.05, 3.63) is 83.6 Å². The summed E-state index contributed by atoms with van der Waals surface area (Å²) in [6.07, 6.45) is 4.38. The van der Waals surface area contributed by atoms with Gasteiger partial charge < -0.3 is 24.1 Å². The Morgan fingerprint density at radius 2 is 1.66 bits per heavy atom. The lowest BCUT2D eigenvalue weighted by molar-refractivity contribution is -0.143. The van der Waals surface area contributed by atoms with Crippen LogP contribution in [0.1, 0.15) is 56.4 Å². The van der Waals surface area contributed by atoms with Gasteiger partial charge in [0.15, 0.2) is 17.3 Å². The standard InChI is InChI=1S/C34H36N2O5/c1-4-38-31(37)20-34(17-18-34)28-14-12-26(13-15-28)25-8-10-27(11-9-25)33-32(23(3)36-41-33)35-22(2)5-6-24-7-16-29-30(19-24)40-21-39-29/h7-16,19,22,35H,4-6,17-18,20-21H2,1-3H3. The van der Waals surface area contributed by atoms with E-state index in [1.54, 1.807) is 0 Å². The Bertz CT molecular complexity index is 1520. The molecule has 4 aromatic rings. The second-order valence-electron chi connectivity index (χ2n) is 11.2. The number of hydrogen-bond donors (Lipinski definition) is 1. The Morgan fingerprint density at radius 1 is 0.976 bits per heavy atom. The molecule has 2 heterocycles. The predicted octanol–water partition coefficient (Wildman–Crippen LogP) is 7.46. The molecule has 7 nitrogen and oxygen atoms in total. The molecule has 1 aliphatic heterocycles. The number of nitrogens with zero attached hydrogens (tertiary/aromatic N) is 1. The summed E-state index contributed by atoms with van der Waals surface area (Å²) in [5.74, 6) is 2.26. The number of fused-ring (bicyclic) bond motifs is 1. The minimum absolute atomic E-state index is 0.0518. The molecule has 2 aliphatic rings. The number of rotatable bonds is 11. The first kappa shape index (κ1) is 26.9. The molecule has 0 bridgehead atoms. The Kier molecular flexibility index (Phi) is 7.43. The number of esters is 1. The normalized spacial score (nSPS) is 15.4. The highest BCUT2D eigenvalue weighted by atomic mass is 16.7. The number of hydrogen-bond acceptors (Lipinski definition) is 7. The van der Waals surface area contributed by atoms with Crippen LogP contribution < -0.4 is 14.8 Å². The van der Waals surface area contributed by atoms with Gasteiger partial charge in [-0.2, -0.15) is 0 Å². The van der Waals surface area contributed by atoms with Crippen LogP contribution in [-0.4, -0.2) is 30.6 Å². The van der Waals surface area contributed by atoms with Crippen LogP contribution >= 0.6 is 0 Å². The van der Waals surface area contributed by atoms with Crippen LogP contribution in [0.3, 0.4) is 0 Å². The first-order valence-electron chi connectivity index (χ1n) is 14.4. The number of carbonyl (C=O) groups excluding carboxylic acids is 1. The highest BCUT2D eigenvalue weighted by Crippen LogP contribution is 2.51. The molecule has 0 saturated heterocycles. The predicted molar refractivity (Wildman–Crippen MR) is 158 cm³/mol. The van der Waals surface area contributed by atoms with Crippen LogP contribution in [0.2, 0.25) is 0 Å². The van der Waals surface area contributed by atoms with E-state index in [9.17, 15) is 4.79 Å². The van der Waals surface area contributed by atoms with Crippen LogP contribution in [-0.2, 0) is 21.4 Å². The van der Waals surface area contributed by atoms with Crippen LogP contribution in [0.4, 0.5) is 5.69 Å². The summed E-state index contributed by atoms with van der Waals surface area (Å²) in [5.41, 5.74) is 7.39. The molecule has 1 N–H and O–H groups in total. The Hall–Kier alpha value is -4.26. The van der Waals surface area contributed by atoms with Crippen LogP contribution in [0.15, 0.2) is 71.3 Å². The summed E-state index contributed by atoms with van der Waals surface area (Å²) >= 11 is 0. The highest BCUT2D eigenvalue weighted by Gasteiger charge is 2.46. The molecule has 212 valence electrons. The van der Waals surface area contributed by atoms with Crippen molar-refractivity contribution in [3.63, 3.8) is 0 Å². The molecule has 0 radical (unpaired) electrons. The first-order valence-corrected chi connectivity index (χ1v) is 14.4. The molecule has 1 atom stereocenters. The largest absolute Gasteiger partial charge is 0.466 e. The van der Waals surface area contributed by atoms with Gasteiger partial charge in [-0.3, -0.25) is 4.79 Å². The van der Waals surface area contributed by atoms with Crippen molar-refractivity contribution in [3.8, 4) is 33.9 Å². The second kappa shape index (κ2) is 11.3. The van der Waals surface area contributed by atoms with Gasteiger partial charge in [0.05, 0.1) is 13.0 Å². The van der Waals surface area contributed by atoms with Gasteiger partial charge in [0.1, 0.15) is 11.4 Å². The maximum atomic E-state index is 12.1. The zero-order valence-electron chi connectivity index (χ0n) is 23.9. The number of anilines is 1. The van der Waals surface area contributed by atoms with Crippen LogP contribution in [0, 0.1) is 6.92 Å². The third-order valence-electron chi connectivity index (χ3n) is 8.18. The van der Waals surface area contributed by atoms with Crippen molar-refractivity contribution < 1.29 is 23.5 Å². The Balaban J connectivity index is 1.10. The SMILES string of the molecule is CCOC(=O)CC1(c2ccc(-c3ccc(-c4onc(C)c4NC(C)CCc4ccc5c(c4)OCO5)cc3)cc2)CC1. The smallest absolute Gasteiger partial charge is 0.306 e. The van der Waals surface area contributed by atoms with Gasteiger partial charge in [0.2, 0.25) is 6.79 Å². The number of ether oxygens (including phenoxy) is 3. The van der Waals surface area contributed by atoms with E-state index in [1.807, 2.05) is 19.9 Å². The van der Waals surface area contributed by atoms with Gasteiger partial charge in [0, 0.05) is 17.0 Å². The molecule has 41 heavy (non-hydrogen) atoms. The maximum Gasteiger partial charge on any atom is 0.306 e. The molecule has 1 aliphatic carbocycles. The summed E-state index contributed by atoms with van der Waals surface area (Å²) in [7, 11) is 0. The second-order valence-corrected chi connectivity index (χ2v) is 11.2.